The van der Waals surface area contributed by atoms with E-state index >= 15 is 0 Å². The van der Waals surface area contributed by atoms with Crippen molar-refractivity contribution in [2.45, 2.75) is 0 Å². The molecule has 0 saturated carbocycles. The molecule has 0 radical (unpaired) electrons. The number of hydrogen-bond donors (Lipinski definition) is 2. The van der Waals surface area contributed by atoms with Gasteiger partial charge in [0.25, 0.3) is 0 Å². The predicted octanol–water partition coefficient (Wildman–Crippen LogP) is 4.04. The SMILES string of the molecule is C=CC(=O)Nc1cc(Nc2ncc3cncc(-c4cncc(F)c4)c3n2)c(OC)cc1OCCN(C)C. The van der Waals surface area contributed by atoms with Crippen molar-refractivity contribution in [2.24, 2.45) is 0 Å². The Labute approximate surface area is 213 Å². The number of nitrogens with one attached hydrogen (secondary N) is 2. The van der Waals surface area contributed by atoms with Gasteiger partial charge in [-0.05, 0) is 32.3 Å². The Morgan fingerprint density at radius 1 is 1.08 bits per heavy atom. The first-order valence-corrected chi connectivity index (χ1v) is 11.3. The predicted molar refractivity (Wildman–Crippen MR) is 140 cm³/mol. The first-order valence-electron chi connectivity index (χ1n) is 11.3. The molecule has 1 amide bonds. The van der Waals surface area contributed by atoms with Crippen LogP contribution >= 0.6 is 0 Å². The molecule has 3 aromatic heterocycles. The smallest absolute Gasteiger partial charge is 0.247 e. The standard InChI is InChI=1S/C26H26FN7O3/c1-5-24(35)31-21-9-20(22(36-4)10-23(21)37-7-6-34(2)3)32-26-30-13-17-12-29-15-19(25(17)33-26)16-8-18(27)14-28-11-16/h5,8-15H,1,6-7H2,2-4H3,(H,31,35)(H,30,32,33). The second-order valence-electron chi connectivity index (χ2n) is 8.23. The lowest BCUT2D eigenvalue weighted by Crippen LogP contribution is -2.20. The highest BCUT2D eigenvalue weighted by Crippen LogP contribution is 2.38. The molecular weight excluding hydrogens is 477 g/mol. The molecule has 0 aliphatic heterocycles. The summed E-state index contributed by atoms with van der Waals surface area (Å²) < 4.78 is 25.3. The minimum absolute atomic E-state index is 0.255. The molecule has 0 aliphatic carbocycles. The van der Waals surface area contributed by atoms with Gasteiger partial charge in [-0.3, -0.25) is 14.8 Å². The third kappa shape index (κ3) is 6.14. The third-order valence-corrected chi connectivity index (χ3v) is 5.29. The van der Waals surface area contributed by atoms with Gasteiger partial charge in [0.15, 0.2) is 0 Å². The van der Waals surface area contributed by atoms with Gasteiger partial charge >= 0.3 is 0 Å². The normalized spacial score (nSPS) is 10.8. The molecule has 1 aromatic carbocycles. The number of hydrogen-bond acceptors (Lipinski definition) is 9. The summed E-state index contributed by atoms with van der Waals surface area (Å²) >= 11 is 0. The van der Waals surface area contributed by atoms with Crippen LogP contribution < -0.4 is 20.1 Å². The number of aromatic nitrogens is 4. The minimum Gasteiger partial charge on any atom is -0.494 e. The molecule has 0 bridgehead atoms. The van der Waals surface area contributed by atoms with E-state index in [2.05, 4.69) is 37.1 Å². The van der Waals surface area contributed by atoms with Gasteiger partial charge in [-0.1, -0.05) is 6.58 Å². The quantitative estimate of drug-likeness (QED) is 0.309. The van der Waals surface area contributed by atoms with E-state index in [4.69, 9.17) is 9.47 Å². The van der Waals surface area contributed by atoms with Crippen molar-refractivity contribution in [3.8, 4) is 22.6 Å². The van der Waals surface area contributed by atoms with E-state index in [0.29, 0.717) is 58.1 Å². The average molecular weight is 504 g/mol. The number of carbonyl (C=O) groups is 1. The van der Waals surface area contributed by atoms with Gasteiger partial charge in [0.05, 0.1) is 30.2 Å². The van der Waals surface area contributed by atoms with E-state index in [0.717, 1.165) is 6.20 Å². The number of benzene rings is 1. The van der Waals surface area contributed by atoms with Crippen molar-refractivity contribution in [1.29, 1.82) is 0 Å². The Balaban J connectivity index is 1.72. The third-order valence-electron chi connectivity index (χ3n) is 5.29. The summed E-state index contributed by atoms with van der Waals surface area (Å²) in [4.78, 5) is 31.2. The lowest BCUT2D eigenvalue weighted by atomic mass is 10.1. The van der Waals surface area contributed by atoms with Crippen molar-refractivity contribution in [1.82, 2.24) is 24.8 Å². The van der Waals surface area contributed by atoms with Crippen LogP contribution in [0.2, 0.25) is 0 Å². The number of pyridine rings is 2. The van der Waals surface area contributed by atoms with Crippen molar-refractivity contribution in [2.75, 3.05) is 45.0 Å². The van der Waals surface area contributed by atoms with Gasteiger partial charge in [0.1, 0.15) is 23.9 Å². The molecule has 0 aliphatic rings. The number of methoxy groups -OCH3 is 1. The number of rotatable bonds is 10. The minimum atomic E-state index is -0.464. The van der Waals surface area contributed by atoms with Crippen LogP contribution in [0.5, 0.6) is 11.5 Å². The van der Waals surface area contributed by atoms with Gasteiger partial charge in [0, 0.05) is 53.9 Å². The maximum atomic E-state index is 13.8. The number of likely N-dealkylation sites (N-methyl/N-ethyl adjacent to an activating group) is 1. The van der Waals surface area contributed by atoms with Crippen LogP contribution in [-0.2, 0) is 4.79 Å². The maximum Gasteiger partial charge on any atom is 0.247 e. The van der Waals surface area contributed by atoms with Crippen LogP contribution in [0, 0.1) is 5.82 Å². The van der Waals surface area contributed by atoms with Crippen LogP contribution in [0.1, 0.15) is 0 Å². The fourth-order valence-corrected chi connectivity index (χ4v) is 3.47. The number of fused-ring (bicyclic) bond motifs is 1. The van der Waals surface area contributed by atoms with Crippen molar-refractivity contribution >= 4 is 34.1 Å². The largest absolute Gasteiger partial charge is 0.494 e. The van der Waals surface area contributed by atoms with E-state index in [-0.39, 0.29) is 5.95 Å². The monoisotopic (exact) mass is 503 g/mol. The zero-order valence-electron chi connectivity index (χ0n) is 20.7. The molecule has 190 valence electrons. The van der Waals surface area contributed by atoms with E-state index in [1.807, 2.05) is 19.0 Å². The highest BCUT2D eigenvalue weighted by molar-refractivity contribution is 6.00. The van der Waals surface area contributed by atoms with Crippen LogP contribution in [0.3, 0.4) is 0 Å². The Bertz CT molecular complexity index is 1450. The highest BCUT2D eigenvalue weighted by Gasteiger charge is 2.16. The molecule has 2 N–H and O–H groups in total. The summed E-state index contributed by atoms with van der Waals surface area (Å²) in [5, 5.41) is 6.57. The van der Waals surface area contributed by atoms with E-state index < -0.39 is 11.7 Å². The summed E-state index contributed by atoms with van der Waals surface area (Å²) in [5.41, 5.74) is 2.61. The molecule has 0 unspecified atom stereocenters. The number of nitrogens with zero attached hydrogens (tertiary/aromatic N) is 5. The van der Waals surface area contributed by atoms with Gasteiger partial charge in [-0.15, -0.1) is 0 Å². The molecule has 11 heteroatoms. The maximum absolute atomic E-state index is 13.8. The number of ether oxygens (including phenoxy) is 2. The van der Waals surface area contributed by atoms with Crippen LogP contribution in [0.4, 0.5) is 21.7 Å². The molecule has 4 rings (SSSR count). The number of halogens is 1. The highest BCUT2D eigenvalue weighted by atomic mass is 19.1. The van der Waals surface area contributed by atoms with Crippen LogP contribution in [0.25, 0.3) is 22.0 Å². The molecule has 37 heavy (non-hydrogen) atoms. The number of carbonyl (C=O) groups excluding carboxylic acids is 1. The van der Waals surface area contributed by atoms with Crippen molar-refractivity contribution < 1.29 is 18.7 Å². The van der Waals surface area contributed by atoms with Gasteiger partial charge < -0.3 is 25.0 Å². The summed E-state index contributed by atoms with van der Waals surface area (Å²) in [5.74, 6) is 0.283. The first kappa shape index (κ1) is 25.5. The van der Waals surface area contributed by atoms with Gasteiger partial charge in [0.2, 0.25) is 11.9 Å². The lowest BCUT2D eigenvalue weighted by molar-refractivity contribution is -0.111. The Morgan fingerprint density at radius 2 is 1.89 bits per heavy atom. The zero-order chi connectivity index (χ0) is 26.4. The summed E-state index contributed by atoms with van der Waals surface area (Å²) in [6.45, 7) is 4.59. The molecule has 3 heterocycles. The summed E-state index contributed by atoms with van der Waals surface area (Å²) in [7, 11) is 5.40. The molecule has 0 fully saturated rings. The summed E-state index contributed by atoms with van der Waals surface area (Å²) in [6, 6.07) is 4.71. The van der Waals surface area contributed by atoms with Gasteiger partial charge in [-0.2, -0.15) is 0 Å². The van der Waals surface area contributed by atoms with Gasteiger partial charge in [-0.25, -0.2) is 14.4 Å². The molecule has 0 saturated heterocycles. The van der Waals surface area contributed by atoms with Crippen molar-refractivity contribution in [3.63, 3.8) is 0 Å². The molecule has 10 nitrogen and oxygen atoms in total. The average Bonchev–Trinajstić information content (AvgIpc) is 2.89. The topological polar surface area (TPSA) is 114 Å². The van der Waals surface area contributed by atoms with Crippen LogP contribution in [-0.4, -0.2) is 65.1 Å². The molecule has 4 aromatic rings. The second-order valence-corrected chi connectivity index (χ2v) is 8.23. The Morgan fingerprint density at radius 3 is 2.62 bits per heavy atom. The fraction of sp³-hybridized carbons (Fsp3) is 0.192. The molecule has 0 atom stereocenters. The van der Waals surface area contributed by atoms with E-state index in [9.17, 15) is 9.18 Å². The van der Waals surface area contributed by atoms with Crippen molar-refractivity contribution in [3.05, 3.63) is 67.7 Å². The van der Waals surface area contributed by atoms with Crippen LogP contribution in [0.15, 0.2) is 61.8 Å². The second kappa shape index (κ2) is 11.4. The van der Waals surface area contributed by atoms with E-state index in [1.54, 1.807) is 36.9 Å². The fourth-order valence-electron chi connectivity index (χ4n) is 3.47. The summed E-state index contributed by atoms with van der Waals surface area (Å²) in [6.07, 6.45) is 8.68. The zero-order valence-corrected chi connectivity index (χ0v) is 20.7. The Kier molecular flexibility index (Phi) is 7.84. The lowest BCUT2D eigenvalue weighted by Gasteiger charge is -2.18. The molecular formula is C26H26FN7O3. The van der Waals surface area contributed by atoms with E-state index in [1.165, 1.54) is 19.3 Å². The Hall–Kier alpha value is -4.64. The number of amides is 1. The first-order chi connectivity index (χ1) is 17.9. The number of anilines is 3. The molecule has 0 spiro atoms.